The van der Waals surface area contributed by atoms with Crippen molar-refractivity contribution >= 4 is 11.4 Å². The van der Waals surface area contributed by atoms with Crippen LogP contribution in [0.1, 0.15) is 25.7 Å². The first-order valence-corrected chi connectivity index (χ1v) is 11.6. The summed E-state index contributed by atoms with van der Waals surface area (Å²) in [6.07, 6.45) is 4.97. The second-order valence-corrected chi connectivity index (χ2v) is 8.72. The Morgan fingerprint density at radius 3 is 1.25 bits per heavy atom. The molecule has 0 amide bonds. The number of benzene rings is 2. The lowest BCUT2D eigenvalue weighted by molar-refractivity contribution is 0.232. The van der Waals surface area contributed by atoms with Crippen molar-refractivity contribution in [2.75, 3.05) is 64.4 Å². The van der Waals surface area contributed by atoms with Gasteiger partial charge in [-0.15, -0.1) is 0 Å². The number of hydrogen-bond donors (Lipinski definition) is 0. The molecule has 4 rings (SSSR count). The number of rotatable bonds is 7. The van der Waals surface area contributed by atoms with Gasteiger partial charge in [0.05, 0.1) is 39.8 Å². The molecule has 0 aromatic heterocycles. The van der Waals surface area contributed by atoms with Crippen LogP contribution in [0.15, 0.2) is 36.4 Å². The van der Waals surface area contributed by atoms with E-state index in [-0.39, 0.29) is 0 Å². The van der Waals surface area contributed by atoms with Crippen molar-refractivity contribution in [3.05, 3.63) is 36.4 Å². The van der Waals surface area contributed by atoms with Gasteiger partial charge in [0.2, 0.25) is 0 Å². The SMILES string of the molecule is COc1ccc(N2CCC(C3CCN(c4ccc(OC)cc4OC)CC3)CC2)c(OC)c1. The monoisotopic (exact) mass is 440 g/mol. The molecule has 0 atom stereocenters. The van der Waals surface area contributed by atoms with Crippen LogP contribution in [0, 0.1) is 11.8 Å². The van der Waals surface area contributed by atoms with Gasteiger partial charge in [0.1, 0.15) is 23.0 Å². The Kier molecular flexibility index (Phi) is 7.18. The van der Waals surface area contributed by atoms with Gasteiger partial charge in [0.25, 0.3) is 0 Å². The van der Waals surface area contributed by atoms with Gasteiger partial charge in [0.15, 0.2) is 0 Å². The minimum Gasteiger partial charge on any atom is -0.497 e. The Balaban J connectivity index is 1.33. The van der Waals surface area contributed by atoms with Crippen molar-refractivity contribution in [1.82, 2.24) is 0 Å². The third kappa shape index (κ3) is 4.69. The summed E-state index contributed by atoms with van der Waals surface area (Å²) < 4.78 is 21.9. The smallest absolute Gasteiger partial charge is 0.145 e. The Bertz CT molecular complexity index is 814. The lowest BCUT2D eigenvalue weighted by Crippen LogP contribution is -2.41. The number of anilines is 2. The summed E-state index contributed by atoms with van der Waals surface area (Å²) in [7, 11) is 6.85. The third-order valence-electron chi connectivity index (χ3n) is 7.20. The minimum absolute atomic E-state index is 0.801. The summed E-state index contributed by atoms with van der Waals surface area (Å²) in [4.78, 5) is 4.93. The molecule has 0 N–H and O–H groups in total. The third-order valence-corrected chi connectivity index (χ3v) is 7.20. The van der Waals surface area contributed by atoms with E-state index in [1.807, 2.05) is 24.3 Å². The highest BCUT2D eigenvalue weighted by atomic mass is 16.5. The average molecular weight is 441 g/mol. The summed E-state index contributed by atoms with van der Waals surface area (Å²) in [6.45, 7) is 4.33. The topological polar surface area (TPSA) is 43.4 Å². The Morgan fingerprint density at radius 1 is 0.562 bits per heavy atom. The maximum absolute atomic E-state index is 5.63. The second kappa shape index (κ2) is 10.2. The molecular weight excluding hydrogens is 404 g/mol. The van der Waals surface area contributed by atoms with Crippen molar-refractivity contribution in [3.8, 4) is 23.0 Å². The van der Waals surface area contributed by atoms with Crippen LogP contribution >= 0.6 is 0 Å². The van der Waals surface area contributed by atoms with Gasteiger partial charge < -0.3 is 28.7 Å². The predicted octanol–water partition coefficient (Wildman–Crippen LogP) is 4.85. The summed E-state index contributed by atoms with van der Waals surface area (Å²) >= 11 is 0. The maximum atomic E-state index is 5.63. The molecule has 0 saturated carbocycles. The molecule has 0 aliphatic carbocycles. The van der Waals surface area contributed by atoms with Crippen LogP contribution in [-0.4, -0.2) is 54.6 Å². The summed E-state index contributed by atoms with van der Waals surface area (Å²) in [6, 6.07) is 12.2. The number of ether oxygens (including phenoxy) is 4. The summed E-state index contributed by atoms with van der Waals surface area (Å²) in [5.74, 6) is 5.06. The van der Waals surface area contributed by atoms with E-state index in [4.69, 9.17) is 18.9 Å². The minimum atomic E-state index is 0.801. The van der Waals surface area contributed by atoms with Crippen LogP contribution in [0.2, 0.25) is 0 Å². The van der Waals surface area contributed by atoms with E-state index < -0.39 is 0 Å². The molecule has 2 aliphatic rings. The largest absolute Gasteiger partial charge is 0.497 e. The number of methoxy groups -OCH3 is 4. The Morgan fingerprint density at radius 2 is 0.938 bits per heavy atom. The van der Waals surface area contributed by atoms with Crippen LogP contribution < -0.4 is 28.7 Å². The fourth-order valence-corrected chi connectivity index (χ4v) is 5.32. The van der Waals surface area contributed by atoms with Crippen LogP contribution in [0.3, 0.4) is 0 Å². The molecular formula is C26H36N2O4. The number of piperidine rings is 2. The first-order chi connectivity index (χ1) is 15.7. The Hall–Kier alpha value is -2.76. The molecule has 0 unspecified atom stereocenters. The van der Waals surface area contributed by atoms with E-state index in [1.165, 1.54) is 37.1 Å². The molecule has 32 heavy (non-hydrogen) atoms. The predicted molar refractivity (Wildman–Crippen MR) is 129 cm³/mol. The van der Waals surface area contributed by atoms with Gasteiger partial charge >= 0.3 is 0 Å². The molecule has 174 valence electrons. The van der Waals surface area contributed by atoms with E-state index in [0.717, 1.165) is 61.0 Å². The van der Waals surface area contributed by atoms with Crippen LogP contribution in [0.4, 0.5) is 11.4 Å². The second-order valence-electron chi connectivity index (χ2n) is 8.72. The highest BCUT2D eigenvalue weighted by molar-refractivity contribution is 5.62. The lowest BCUT2D eigenvalue weighted by Gasteiger charge is -2.41. The van der Waals surface area contributed by atoms with E-state index in [1.54, 1.807) is 28.4 Å². The normalized spacial score (nSPS) is 17.9. The zero-order valence-electron chi connectivity index (χ0n) is 19.8. The first kappa shape index (κ1) is 22.4. The number of nitrogens with zero attached hydrogens (tertiary/aromatic N) is 2. The first-order valence-electron chi connectivity index (χ1n) is 11.6. The molecule has 2 aliphatic heterocycles. The zero-order valence-corrected chi connectivity index (χ0v) is 19.8. The highest BCUT2D eigenvalue weighted by Crippen LogP contribution is 2.40. The van der Waals surface area contributed by atoms with E-state index >= 15 is 0 Å². The van der Waals surface area contributed by atoms with Crippen molar-refractivity contribution < 1.29 is 18.9 Å². The fourth-order valence-electron chi connectivity index (χ4n) is 5.32. The molecule has 2 aromatic rings. The van der Waals surface area contributed by atoms with Crippen LogP contribution in [0.5, 0.6) is 23.0 Å². The van der Waals surface area contributed by atoms with Crippen LogP contribution in [-0.2, 0) is 0 Å². The van der Waals surface area contributed by atoms with Gasteiger partial charge in [-0.25, -0.2) is 0 Å². The molecule has 0 radical (unpaired) electrons. The van der Waals surface area contributed by atoms with Gasteiger partial charge in [-0.3, -0.25) is 0 Å². The van der Waals surface area contributed by atoms with Crippen molar-refractivity contribution in [2.45, 2.75) is 25.7 Å². The van der Waals surface area contributed by atoms with E-state index in [0.29, 0.717) is 0 Å². The van der Waals surface area contributed by atoms with Gasteiger partial charge in [-0.2, -0.15) is 0 Å². The molecule has 6 nitrogen and oxygen atoms in total. The van der Waals surface area contributed by atoms with E-state index in [9.17, 15) is 0 Å². The molecule has 6 heteroatoms. The molecule has 2 fully saturated rings. The lowest BCUT2D eigenvalue weighted by atomic mass is 9.78. The van der Waals surface area contributed by atoms with Crippen LogP contribution in [0.25, 0.3) is 0 Å². The maximum Gasteiger partial charge on any atom is 0.145 e. The fraction of sp³-hybridized carbons (Fsp3) is 0.538. The molecule has 2 saturated heterocycles. The highest BCUT2D eigenvalue weighted by Gasteiger charge is 2.31. The molecule has 2 heterocycles. The standard InChI is InChI=1S/C26H36N2O4/c1-29-21-5-7-23(25(17-21)31-3)27-13-9-19(10-14-27)20-11-15-28(16-12-20)24-8-6-22(30-2)18-26(24)32-4/h5-8,17-20H,9-16H2,1-4H3. The molecule has 2 aromatic carbocycles. The average Bonchev–Trinajstić information content (AvgIpc) is 2.88. The Labute approximate surface area is 192 Å². The quantitative estimate of drug-likeness (QED) is 0.613. The molecule has 0 spiro atoms. The van der Waals surface area contributed by atoms with Crippen molar-refractivity contribution in [2.24, 2.45) is 11.8 Å². The van der Waals surface area contributed by atoms with Gasteiger partial charge in [-0.05, 0) is 61.8 Å². The van der Waals surface area contributed by atoms with Gasteiger partial charge in [-0.1, -0.05) is 0 Å². The van der Waals surface area contributed by atoms with Crippen molar-refractivity contribution in [1.29, 1.82) is 0 Å². The molecule has 0 bridgehead atoms. The summed E-state index contributed by atoms with van der Waals surface area (Å²) in [5.41, 5.74) is 2.35. The number of hydrogen-bond acceptors (Lipinski definition) is 6. The zero-order chi connectivity index (χ0) is 22.5. The summed E-state index contributed by atoms with van der Waals surface area (Å²) in [5, 5.41) is 0. The van der Waals surface area contributed by atoms with E-state index in [2.05, 4.69) is 21.9 Å². The van der Waals surface area contributed by atoms with Gasteiger partial charge in [0, 0.05) is 38.3 Å². The van der Waals surface area contributed by atoms with Crippen molar-refractivity contribution in [3.63, 3.8) is 0 Å².